The van der Waals surface area contributed by atoms with E-state index in [0.717, 1.165) is 41.9 Å². The number of halogens is 1. The first-order chi connectivity index (χ1) is 9.22. The van der Waals surface area contributed by atoms with E-state index < -0.39 is 0 Å². The maximum absolute atomic E-state index is 12.3. The van der Waals surface area contributed by atoms with Crippen LogP contribution >= 0.6 is 27.3 Å². The van der Waals surface area contributed by atoms with E-state index in [4.69, 9.17) is 4.74 Å². The molecule has 0 aromatic carbocycles. The van der Waals surface area contributed by atoms with Crippen molar-refractivity contribution in [3.05, 3.63) is 20.8 Å². The fraction of sp³-hybridized carbons (Fsp3) is 0.615. The van der Waals surface area contributed by atoms with Crippen LogP contribution in [0.5, 0.6) is 0 Å². The summed E-state index contributed by atoms with van der Waals surface area (Å²) in [6.45, 7) is 6.00. The van der Waals surface area contributed by atoms with Crippen LogP contribution in [-0.4, -0.2) is 43.7 Å². The molecule has 6 heteroatoms. The smallest absolute Gasteiger partial charge is 0.328 e. The van der Waals surface area contributed by atoms with Gasteiger partial charge in [0.25, 0.3) is 0 Å². The van der Waals surface area contributed by atoms with Gasteiger partial charge in [-0.1, -0.05) is 0 Å². The number of carbonyl (C=O) groups is 1. The third-order valence-corrected chi connectivity index (χ3v) is 4.68. The summed E-state index contributed by atoms with van der Waals surface area (Å²) in [5.74, 6) is -0.144. The van der Waals surface area contributed by atoms with Crippen molar-refractivity contribution in [1.82, 2.24) is 10.2 Å². The van der Waals surface area contributed by atoms with Gasteiger partial charge in [-0.3, -0.25) is 4.90 Å². The Labute approximate surface area is 126 Å². The number of hydrogen-bond acceptors (Lipinski definition) is 5. The van der Waals surface area contributed by atoms with Gasteiger partial charge in [0, 0.05) is 19.6 Å². The molecule has 1 aromatic rings. The zero-order valence-corrected chi connectivity index (χ0v) is 13.4. The maximum Gasteiger partial charge on any atom is 0.328 e. The molecule has 106 valence electrons. The quantitative estimate of drug-likeness (QED) is 0.850. The summed E-state index contributed by atoms with van der Waals surface area (Å²) in [6.07, 6.45) is 1.06. The molecule has 1 aromatic heterocycles. The number of hydrogen-bond donors (Lipinski definition) is 1. The monoisotopic (exact) mass is 346 g/mol. The van der Waals surface area contributed by atoms with Crippen LogP contribution in [0.4, 0.5) is 0 Å². The lowest BCUT2D eigenvalue weighted by atomic mass is 10.1. The summed E-state index contributed by atoms with van der Waals surface area (Å²) < 4.78 is 6.30. The molecule has 0 amide bonds. The topological polar surface area (TPSA) is 41.6 Å². The Hall–Kier alpha value is -0.430. The number of nitrogens with one attached hydrogen (secondary N) is 1. The van der Waals surface area contributed by atoms with Gasteiger partial charge in [-0.2, -0.15) is 0 Å². The molecule has 0 radical (unpaired) electrons. The van der Waals surface area contributed by atoms with Gasteiger partial charge in [0.1, 0.15) is 6.04 Å². The van der Waals surface area contributed by atoms with Crippen LogP contribution < -0.4 is 5.32 Å². The molecule has 19 heavy (non-hydrogen) atoms. The summed E-state index contributed by atoms with van der Waals surface area (Å²) in [7, 11) is 0. The van der Waals surface area contributed by atoms with Crippen molar-refractivity contribution in [3.63, 3.8) is 0 Å². The van der Waals surface area contributed by atoms with Crippen molar-refractivity contribution in [1.29, 1.82) is 0 Å². The van der Waals surface area contributed by atoms with E-state index in [-0.39, 0.29) is 12.0 Å². The first-order valence-corrected chi connectivity index (χ1v) is 8.25. The third-order valence-electron chi connectivity index (χ3n) is 3.15. The van der Waals surface area contributed by atoms with Gasteiger partial charge in [-0.05, 0) is 52.8 Å². The fourth-order valence-electron chi connectivity index (χ4n) is 2.31. The predicted molar refractivity (Wildman–Crippen MR) is 80.5 cm³/mol. The number of thiophene rings is 1. The molecule has 1 atom stereocenters. The van der Waals surface area contributed by atoms with Crippen LogP contribution in [0.2, 0.25) is 0 Å². The molecule has 1 N–H and O–H groups in total. The molecule has 2 rings (SSSR count). The lowest BCUT2D eigenvalue weighted by Crippen LogP contribution is -2.37. The van der Waals surface area contributed by atoms with E-state index in [1.54, 1.807) is 11.3 Å². The second kappa shape index (κ2) is 7.38. The van der Waals surface area contributed by atoms with Crippen LogP contribution in [0.15, 0.2) is 15.2 Å². The van der Waals surface area contributed by atoms with Crippen molar-refractivity contribution < 1.29 is 9.53 Å². The van der Waals surface area contributed by atoms with Gasteiger partial charge >= 0.3 is 5.97 Å². The number of nitrogens with zero attached hydrogens (tertiary/aromatic N) is 1. The van der Waals surface area contributed by atoms with Gasteiger partial charge in [-0.15, -0.1) is 11.3 Å². The highest BCUT2D eigenvalue weighted by Gasteiger charge is 2.30. The van der Waals surface area contributed by atoms with Crippen molar-refractivity contribution in [3.8, 4) is 0 Å². The molecule has 4 nitrogen and oxygen atoms in total. The Balaban J connectivity index is 2.19. The molecule has 0 saturated carbocycles. The standard InChI is InChI=1S/C13H19BrN2O2S/c1-2-18-13(17)12(10-8-11(14)19-9-10)16-6-3-4-15-5-7-16/h8-9,12,15H,2-7H2,1H3. The molecule has 1 fully saturated rings. The molecule has 2 heterocycles. The Bertz CT molecular complexity index is 417. The lowest BCUT2D eigenvalue weighted by Gasteiger charge is -2.28. The summed E-state index contributed by atoms with van der Waals surface area (Å²) in [4.78, 5) is 14.5. The van der Waals surface area contributed by atoms with E-state index in [9.17, 15) is 4.79 Å². The minimum atomic E-state index is -0.276. The average molecular weight is 347 g/mol. The van der Waals surface area contributed by atoms with Crippen molar-refractivity contribution in [2.45, 2.75) is 19.4 Å². The van der Waals surface area contributed by atoms with E-state index in [1.807, 2.05) is 18.4 Å². The van der Waals surface area contributed by atoms with E-state index in [1.165, 1.54) is 0 Å². The Morgan fingerprint density at radius 3 is 3.11 bits per heavy atom. The second-order valence-electron chi connectivity index (χ2n) is 4.48. The molecular weight excluding hydrogens is 328 g/mol. The number of carbonyl (C=O) groups excluding carboxylic acids is 1. The third kappa shape index (κ3) is 4.02. The Kier molecular flexibility index (Phi) is 5.81. The predicted octanol–water partition coefficient (Wildman–Crippen LogP) is 2.41. The zero-order chi connectivity index (χ0) is 13.7. The van der Waals surface area contributed by atoms with Crippen LogP contribution in [0.25, 0.3) is 0 Å². The van der Waals surface area contributed by atoms with Gasteiger partial charge in [0.15, 0.2) is 0 Å². The molecule has 0 spiro atoms. The molecule has 1 unspecified atom stereocenters. The molecule has 0 aliphatic carbocycles. The van der Waals surface area contributed by atoms with Gasteiger partial charge in [0.05, 0.1) is 10.4 Å². The highest BCUT2D eigenvalue weighted by molar-refractivity contribution is 9.11. The normalized spacial score (nSPS) is 18.8. The number of ether oxygens (including phenoxy) is 1. The average Bonchev–Trinajstić information content (AvgIpc) is 2.65. The number of rotatable bonds is 4. The van der Waals surface area contributed by atoms with E-state index in [0.29, 0.717) is 6.61 Å². The maximum atomic E-state index is 12.3. The first-order valence-electron chi connectivity index (χ1n) is 6.57. The van der Waals surface area contributed by atoms with E-state index in [2.05, 4.69) is 26.1 Å². The largest absolute Gasteiger partial charge is 0.465 e. The second-order valence-corrected chi connectivity index (χ2v) is 6.77. The zero-order valence-electron chi connectivity index (χ0n) is 11.0. The SMILES string of the molecule is CCOC(=O)C(c1csc(Br)c1)N1CCCNCC1. The summed E-state index contributed by atoms with van der Waals surface area (Å²) in [5.41, 5.74) is 1.03. The molecular formula is C13H19BrN2O2S. The van der Waals surface area contributed by atoms with Gasteiger partial charge in [0.2, 0.25) is 0 Å². The van der Waals surface area contributed by atoms with Crippen molar-refractivity contribution in [2.24, 2.45) is 0 Å². The summed E-state index contributed by atoms with van der Waals surface area (Å²) in [5, 5.41) is 5.39. The van der Waals surface area contributed by atoms with Crippen molar-refractivity contribution >= 4 is 33.2 Å². The molecule has 1 aliphatic rings. The minimum absolute atomic E-state index is 0.144. The first kappa shape index (κ1) is 15.0. The van der Waals surface area contributed by atoms with Crippen LogP contribution in [0, 0.1) is 0 Å². The van der Waals surface area contributed by atoms with Crippen LogP contribution in [0.1, 0.15) is 24.9 Å². The highest BCUT2D eigenvalue weighted by Crippen LogP contribution is 2.30. The van der Waals surface area contributed by atoms with Crippen LogP contribution in [-0.2, 0) is 9.53 Å². The van der Waals surface area contributed by atoms with Gasteiger partial charge < -0.3 is 10.1 Å². The number of esters is 1. The fourth-order valence-corrected chi connectivity index (χ4v) is 3.50. The molecule has 0 bridgehead atoms. The van der Waals surface area contributed by atoms with Crippen molar-refractivity contribution in [2.75, 3.05) is 32.8 Å². The lowest BCUT2D eigenvalue weighted by molar-refractivity contribution is -0.149. The Morgan fingerprint density at radius 2 is 2.42 bits per heavy atom. The van der Waals surface area contributed by atoms with Gasteiger partial charge in [-0.25, -0.2) is 4.79 Å². The highest BCUT2D eigenvalue weighted by atomic mass is 79.9. The molecule has 1 saturated heterocycles. The summed E-state index contributed by atoms with van der Waals surface area (Å²) >= 11 is 5.07. The van der Waals surface area contributed by atoms with Crippen LogP contribution in [0.3, 0.4) is 0 Å². The Morgan fingerprint density at radius 1 is 1.58 bits per heavy atom. The molecule has 1 aliphatic heterocycles. The minimum Gasteiger partial charge on any atom is -0.465 e. The van der Waals surface area contributed by atoms with E-state index >= 15 is 0 Å². The summed E-state index contributed by atoms with van der Waals surface area (Å²) in [6, 6.07) is 1.74.